The molecule has 2 N–H and O–H groups in total. The van der Waals surface area contributed by atoms with Gasteiger partial charge in [-0.2, -0.15) is 0 Å². The topological polar surface area (TPSA) is 41.1 Å². The van der Waals surface area contributed by atoms with E-state index in [1.807, 2.05) is 18.2 Å². The van der Waals surface area contributed by atoms with E-state index in [-0.39, 0.29) is 5.91 Å². The number of unbranched alkanes of at least 4 members (excludes halogenated alkanes) is 1. The van der Waals surface area contributed by atoms with Crippen molar-refractivity contribution in [2.24, 2.45) is 0 Å². The van der Waals surface area contributed by atoms with Crippen molar-refractivity contribution in [2.45, 2.75) is 26.2 Å². The van der Waals surface area contributed by atoms with E-state index in [9.17, 15) is 4.79 Å². The van der Waals surface area contributed by atoms with Gasteiger partial charge in [-0.1, -0.05) is 49.7 Å². The van der Waals surface area contributed by atoms with Crippen LogP contribution in [0, 0.1) is 0 Å². The van der Waals surface area contributed by atoms with Gasteiger partial charge in [-0.3, -0.25) is 4.79 Å². The molecule has 1 amide bonds. The first-order chi connectivity index (χ1) is 9.81. The molecule has 20 heavy (non-hydrogen) atoms. The Balaban J connectivity index is 1.83. The van der Waals surface area contributed by atoms with Gasteiger partial charge >= 0.3 is 0 Å². The van der Waals surface area contributed by atoms with Gasteiger partial charge in [0.25, 0.3) is 0 Å². The first-order valence-corrected chi connectivity index (χ1v) is 7.29. The number of carbonyl (C=O) groups is 1. The zero-order chi connectivity index (χ0) is 14.2. The van der Waals surface area contributed by atoms with Crippen molar-refractivity contribution in [1.29, 1.82) is 0 Å². The molecule has 2 rings (SSSR count). The van der Waals surface area contributed by atoms with Crippen LogP contribution in [-0.2, 0) is 4.79 Å². The maximum Gasteiger partial charge on any atom is 0.220 e. The molecular formula is C17H22N2O. The summed E-state index contributed by atoms with van der Waals surface area (Å²) in [5.41, 5.74) is 1.12. The summed E-state index contributed by atoms with van der Waals surface area (Å²) in [4.78, 5) is 11.5. The molecule has 2 aromatic carbocycles. The van der Waals surface area contributed by atoms with E-state index in [1.165, 1.54) is 10.8 Å². The molecule has 106 valence electrons. The fraction of sp³-hybridized carbons (Fsp3) is 0.353. The van der Waals surface area contributed by atoms with E-state index >= 15 is 0 Å². The van der Waals surface area contributed by atoms with Crippen LogP contribution < -0.4 is 10.6 Å². The van der Waals surface area contributed by atoms with Crippen molar-refractivity contribution in [3.8, 4) is 0 Å². The van der Waals surface area contributed by atoms with Crippen LogP contribution in [0.3, 0.4) is 0 Å². The molecule has 0 spiro atoms. The summed E-state index contributed by atoms with van der Waals surface area (Å²) in [6, 6.07) is 14.5. The van der Waals surface area contributed by atoms with Gasteiger partial charge in [-0.05, 0) is 17.9 Å². The Hall–Kier alpha value is -2.03. The third kappa shape index (κ3) is 3.98. The summed E-state index contributed by atoms with van der Waals surface area (Å²) in [7, 11) is 0. The summed E-state index contributed by atoms with van der Waals surface area (Å²) in [6.45, 7) is 3.49. The minimum Gasteiger partial charge on any atom is -0.383 e. The Labute approximate surface area is 120 Å². The maximum atomic E-state index is 11.5. The highest BCUT2D eigenvalue weighted by Gasteiger charge is 2.01. The minimum atomic E-state index is 0.145. The fourth-order valence-corrected chi connectivity index (χ4v) is 2.20. The zero-order valence-corrected chi connectivity index (χ0v) is 12.0. The predicted molar refractivity (Wildman–Crippen MR) is 85.0 cm³/mol. The number of hydrogen-bond donors (Lipinski definition) is 2. The summed E-state index contributed by atoms with van der Waals surface area (Å²) in [5.74, 6) is 0.145. The predicted octanol–water partition coefficient (Wildman–Crippen LogP) is 3.56. The van der Waals surface area contributed by atoms with Crippen molar-refractivity contribution in [3.05, 3.63) is 42.5 Å². The molecule has 0 aliphatic rings. The molecule has 2 aromatic rings. The number of rotatable bonds is 7. The lowest BCUT2D eigenvalue weighted by Crippen LogP contribution is -2.28. The van der Waals surface area contributed by atoms with E-state index in [0.717, 1.165) is 25.1 Å². The van der Waals surface area contributed by atoms with Crippen molar-refractivity contribution in [1.82, 2.24) is 5.32 Å². The average Bonchev–Trinajstić information content (AvgIpc) is 2.49. The second-order valence-electron chi connectivity index (χ2n) is 4.91. The van der Waals surface area contributed by atoms with Gasteiger partial charge in [-0.25, -0.2) is 0 Å². The molecule has 0 aliphatic carbocycles. The van der Waals surface area contributed by atoms with Gasteiger partial charge in [0.15, 0.2) is 0 Å². The monoisotopic (exact) mass is 270 g/mol. The quantitative estimate of drug-likeness (QED) is 0.755. The standard InChI is InChI=1S/C17H22N2O/c1-2-3-11-17(20)19-13-12-18-16-10-6-8-14-7-4-5-9-15(14)16/h4-10,18H,2-3,11-13H2,1H3,(H,19,20). The average molecular weight is 270 g/mol. The molecule has 0 saturated heterocycles. The van der Waals surface area contributed by atoms with Crippen molar-refractivity contribution in [3.63, 3.8) is 0 Å². The Bertz CT molecular complexity index is 560. The van der Waals surface area contributed by atoms with Crippen LogP contribution in [0.15, 0.2) is 42.5 Å². The molecule has 3 nitrogen and oxygen atoms in total. The minimum absolute atomic E-state index is 0.145. The number of anilines is 1. The van der Waals surface area contributed by atoms with E-state index in [1.54, 1.807) is 0 Å². The summed E-state index contributed by atoms with van der Waals surface area (Å²) in [6.07, 6.45) is 2.65. The van der Waals surface area contributed by atoms with Crippen LogP contribution in [0.25, 0.3) is 10.8 Å². The van der Waals surface area contributed by atoms with Crippen LogP contribution in [-0.4, -0.2) is 19.0 Å². The van der Waals surface area contributed by atoms with Gasteiger partial charge in [0.1, 0.15) is 0 Å². The highest BCUT2D eigenvalue weighted by molar-refractivity contribution is 5.93. The van der Waals surface area contributed by atoms with Gasteiger partial charge in [0, 0.05) is 30.6 Å². The second-order valence-corrected chi connectivity index (χ2v) is 4.91. The lowest BCUT2D eigenvalue weighted by atomic mass is 10.1. The van der Waals surface area contributed by atoms with Crippen LogP contribution in [0.5, 0.6) is 0 Å². The lowest BCUT2D eigenvalue weighted by Gasteiger charge is -2.10. The van der Waals surface area contributed by atoms with Gasteiger partial charge in [0.05, 0.1) is 0 Å². The molecule has 0 aromatic heterocycles. The Morgan fingerprint density at radius 3 is 2.70 bits per heavy atom. The molecule has 0 heterocycles. The highest BCUT2D eigenvalue weighted by atomic mass is 16.1. The summed E-state index contributed by atoms with van der Waals surface area (Å²) < 4.78 is 0. The molecule has 0 fully saturated rings. The molecular weight excluding hydrogens is 248 g/mol. The van der Waals surface area contributed by atoms with E-state index < -0.39 is 0 Å². The number of amides is 1. The number of hydrogen-bond acceptors (Lipinski definition) is 2. The maximum absolute atomic E-state index is 11.5. The SMILES string of the molecule is CCCCC(=O)NCCNc1cccc2ccccc12. The molecule has 0 bridgehead atoms. The smallest absolute Gasteiger partial charge is 0.220 e. The third-order valence-electron chi connectivity index (χ3n) is 3.31. The number of fused-ring (bicyclic) bond motifs is 1. The van der Waals surface area contributed by atoms with Crippen molar-refractivity contribution >= 4 is 22.4 Å². The van der Waals surface area contributed by atoms with E-state index in [4.69, 9.17) is 0 Å². The van der Waals surface area contributed by atoms with Gasteiger partial charge in [-0.15, -0.1) is 0 Å². The molecule has 0 radical (unpaired) electrons. The Morgan fingerprint density at radius 2 is 1.85 bits per heavy atom. The van der Waals surface area contributed by atoms with Crippen LogP contribution in [0.2, 0.25) is 0 Å². The van der Waals surface area contributed by atoms with E-state index in [2.05, 4.69) is 41.8 Å². The Kier molecular flexibility index (Phi) is 5.42. The fourth-order valence-electron chi connectivity index (χ4n) is 2.20. The van der Waals surface area contributed by atoms with Crippen LogP contribution in [0.1, 0.15) is 26.2 Å². The van der Waals surface area contributed by atoms with Crippen LogP contribution in [0.4, 0.5) is 5.69 Å². The zero-order valence-electron chi connectivity index (χ0n) is 12.0. The molecule has 0 saturated carbocycles. The normalized spacial score (nSPS) is 10.4. The molecule has 0 unspecified atom stereocenters. The number of nitrogens with one attached hydrogen (secondary N) is 2. The van der Waals surface area contributed by atoms with Crippen LogP contribution >= 0.6 is 0 Å². The third-order valence-corrected chi connectivity index (χ3v) is 3.31. The molecule has 0 atom stereocenters. The number of benzene rings is 2. The van der Waals surface area contributed by atoms with Gasteiger partial charge in [0.2, 0.25) is 5.91 Å². The first-order valence-electron chi connectivity index (χ1n) is 7.29. The largest absolute Gasteiger partial charge is 0.383 e. The second kappa shape index (κ2) is 7.53. The lowest BCUT2D eigenvalue weighted by molar-refractivity contribution is -0.121. The van der Waals surface area contributed by atoms with Crippen molar-refractivity contribution < 1.29 is 4.79 Å². The summed E-state index contributed by atoms with van der Waals surface area (Å²) in [5, 5.41) is 8.76. The Morgan fingerprint density at radius 1 is 1.05 bits per heavy atom. The summed E-state index contributed by atoms with van der Waals surface area (Å²) >= 11 is 0. The number of carbonyl (C=O) groups excluding carboxylic acids is 1. The van der Waals surface area contributed by atoms with E-state index in [0.29, 0.717) is 13.0 Å². The highest BCUT2D eigenvalue weighted by Crippen LogP contribution is 2.22. The van der Waals surface area contributed by atoms with Crippen molar-refractivity contribution in [2.75, 3.05) is 18.4 Å². The van der Waals surface area contributed by atoms with Gasteiger partial charge < -0.3 is 10.6 Å². The molecule has 0 aliphatic heterocycles. The first kappa shape index (κ1) is 14.4. The molecule has 3 heteroatoms.